The predicted molar refractivity (Wildman–Crippen MR) is 98.6 cm³/mol. The second kappa shape index (κ2) is 8.60. The highest BCUT2D eigenvalue weighted by molar-refractivity contribution is 7.91. The van der Waals surface area contributed by atoms with E-state index in [1.54, 1.807) is 0 Å². The fourth-order valence-corrected chi connectivity index (χ4v) is 4.84. The molecule has 1 heterocycles. The van der Waals surface area contributed by atoms with Gasteiger partial charge in [-0.3, -0.25) is 4.79 Å². The van der Waals surface area contributed by atoms with Crippen molar-refractivity contribution < 1.29 is 32.6 Å². The molecule has 1 aromatic rings. The highest BCUT2D eigenvalue weighted by Crippen LogP contribution is 2.30. The Balaban J connectivity index is 2.08. The van der Waals surface area contributed by atoms with Crippen LogP contribution in [0.4, 0.5) is 0 Å². The van der Waals surface area contributed by atoms with Gasteiger partial charge in [-0.25, -0.2) is 13.2 Å². The van der Waals surface area contributed by atoms with Gasteiger partial charge < -0.3 is 19.5 Å². The molecule has 2 unspecified atom stereocenters. The lowest BCUT2D eigenvalue weighted by Gasteiger charge is -2.33. The molecule has 1 aliphatic rings. The van der Waals surface area contributed by atoms with Crippen LogP contribution in [-0.2, 0) is 19.4 Å². The molecule has 150 valence electrons. The van der Waals surface area contributed by atoms with Gasteiger partial charge in [0.1, 0.15) is 5.56 Å². The van der Waals surface area contributed by atoms with E-state index in [1.165, 1.54) is 30.2 Å². The third kappa shape index (κ3) is 4.91. The maximum atomic E-state index is 12.7. The SMILES string of the molecule is CCC(C)N(C(=O)COC(=O)c1cccc(OC)c1O)C1CCS(=O)(=O)C1. The molecule has 1 saturated heterocycles. The summed E-state index contributed by atoms with van der Waals surface area (Å²) in [7, 11) is -1.80. The van der Waals surface area contributed by atoms with Gasteiger partial charge in [-0.05, 0) is 31.9 Å². The quantitative estimate of drug-likeness (QED) is 0.690. The topological polar surface area (TPSA) is 110 Å². The van der Waals surface area contributed by atoms with Crippen molar-refractivity contribution >= 4 is 21.7 Å². The number of amides is 1. The molecule has 1 N–H and O–H groups in total. The number of methoxy groups -OCH3 is 1. The molecular weight excluding hydrogens is 374 g/mol. The van der Waals surface area contributed by atoms with Crippen molar-refractivity contribution in [2.24, 2.45) is 0 Å². The Morgan fingerprint density at radius 3 is 2.63 bits per heavy atom. The molecule has 1 aromatic carbocycles. The van der Waals surface area contributed by atoms with Crippen molar-refractivity contribution in [2.75, 3.05) is 25.2 Å². The van der Waals surface area contributed by atoms with Crippen LogP contribution < -0.4 is 4.74 Å². The van der Waals surface area contributed by atoms with Crippen LogP contribution >= 0.6 is 0 Å². The summed E-state index contributed by atoms with van der Waals surface area (Å²) in [6, 6.07) is 3.77. The second-order valence-corrected chi connectivity index (χ2v) is 8.78. The molecular formula is C18H25NO7S. The number of carbonyl (C=O) groups is 2. The first-order valence-corrected chi connectivity index (χ1v) is 10.6. The summed E-state index contributed by atoms with van der Waals surface area (Å²) in [4.78, 5) is 26.4. The van der Waals surface area contributed by atoms with Crippen LogP contribution in [0.3, 0.4) is 0 Å². The summed E-state index contributed by atoms with van der Waals surface area (Å²) >= 11 is 0. The van der Waals surface area contributed by atoms with Crippen LogP contribution in [0.15, 0.2) is 18.2 Å². The van der Waals surface area contributed by atoms with Gasteiger partial charge in [-0.2, -0.15) is 0 Å². The van der Waals surface area contributed by atoms with Crippen molar-refractivity contribution in [3.8, 4) is 11.5 Å². The molecule has 0 aliphatic carbocycles. The molecule has 1 amide bonds. The van der Waals surface area contributed by atoms with E-state index in [-0.39, 0.29) is 34.6 Å². The normalized spacial score (nSPS) is 19.3. The number of rotatable bonds is 7. The summed E-state index contributed by atoms with van der Waals surface area (Å²) < 4.78 is 33.5. The molecule has 0 saturated carbocycles. The summed E-state index contributed by atoms with van der Waals surface area (Å²) in [5.41, 5.74) is -0.110. The van der Waals surface area contributed by atoms with Crippen molar-refractivity contribution in [3.63, 3.8) is 0 Å². The van der Waals surface area contributed by atoms with Crippen LogP contribution in [-0.4, -0.2) is 67.6 Å². The standard InChI is InChI=1S/C18H25NO7S/c1-4-12(2)19(13-8-9-27(23,24)11-13)16(20)10-26-18(22)14-6-5-7-15(25-3)17(14)21/h5-7,12-13,21H,4,8-11H2,1-3H3. The van der Waals surface area contributed by atoms with Gasteiger partial charge >= 0.3 is 5.97 Å². The van der Waals surface area contributed by atoms with Crippen molar-refractivity contribution in [2.45, 2.75) is 38.8 Å². The minimum Gasteiger partial charge on any atom is -0.504 e. The highest BCUT2D eigenvalue weighted by atomic mass is 32.2. The van der Waals surface area contributed by atoms with Crippen molar-refractivity contribution in [3.05, 3.63) is 23.8 Å². The molecule has 0 aromatic heterocycles. The van der Waals surface area contributed by atoms with Crippen LogP contribution in [0.1, 0.15) is 37.0 Å². The van der Waals surface area contributed by atoms with E-state index in [9.17, 15) is 23.1 Å². The molecule has 0 radical (unpaired) electrons. The van der Waals surface area contributed by atoms with Gasteiger partial charge in [0.2, 0.25) is 0 Å². The molecule has 1 aliphatic heterocycles. The van der Waals surface area contributed by atoms with E-state index >= 15 is 0 Å². The monoisotopic (exact) mass is 399 g/mol. The smallest absolute Gasteiger partial charge is 0.342 e. The largest absolute Gasteiger partial charge is 0.504 e. The Kier molecular flexibility index (Phi) is 6.69. The Morgan fingerprint density at radius 2 is 2.07 bits per heavy atom. The average Bonchev–Trinajstić information content (AvgIpc) is 2.99. The average molecular weight is 399 g/mol. The number of phenols is 1. The number of ether oxygens (including phenoxy) is 2. The van der Waals surface area contributed by atoms with E-state index in [4.69, 9.17) is 9.47 Å². The number of sulfone groups is 1. The number of hydrogen-bond donors (Lipinski definition) is 1. The van der Waals surface area contributed by atoms with Crippen LogP contribution in [0.2, 0.25) is 0 Å². The number of hydrogen-bond acceptors (Lipinski definition) is 7. The molecule has 2 rings (SSSR count). The van der Waals surface area contributed by atoms with E-state index in [1.807, 2.05) is 13.8 Å². The molecule has 8 nitrogen and oxygen atoms in total. The van der Waals surface area contributed by atoms with Crippen molar-refractivity contribution in [1.82, 2.24) is 4.90 Å². The summed E-state index contributed by atoms with van der Waals surface area (Å²) in [5, 5.41) is 10.0. The van der Waals surface area contributed by atoms with E-state index in [2.05, 4.69) is 0 Å². The maximum absolute atomic E-state index is 12.7. The van der Waals surface area contributed by atoms with Gasteiger partial charge in [-0.1, -0.05) is 13.0 Å². The first-order chi connectivity index (χ1) is 12.7. The first kappa shape index (κ1) is 21.0. The Labute approximate surface area is 159 Å². The Bertz CT molecular complexity index is 806. The number of aromatic hydroxyl groups is 1. The lowest BCUT2D eigenvalue weighted by atomic mass is 10.1. The molecule has 27 heavy (non-hydrogen) atoms. The summed E-state index contributed by atoms with van der Waals surface area (Å²) in [6.45, 7) is 3.20. The third-order valence-corrected chi connectivity index (χ3v) is 6.47. The predicted octanol–water partition coefficient (Wildman–Crippen LogP) is 1.37. The Hall–Kier alpha value is -2.29. The molecule has 9 heteroatoms. The number of benzene rings is 1. The van der Waals surface area contributed by atoms with E-state index < -0.39 is 34.4 Å². The van der Waals surface area contributed by atoms with Gasteiger partial charge in [0.25, 0.3) is 5.91 Å². The number of esters is 1. The fourth-order valence-electron chi connectivity index (χ4n) is 3.13. The van der Waals surface area contributed by atoms with Crippen LogP contribution in [0.5, 0.6) is 11.5 Å². The molecule has 0 spiro atoms. The number of para-hydroxylation sites is 1. The first-order valence-electron chi connectivity index (χ1n) is 8.74. The minimum absolute atomic E-state index is 0.0509. The Morgan fingerprint density at radius 1 is 1.37 bits per heavy atom. The number of nitrogens with zero attached hydrogens (tertiary/aromatic N) is 1. The van der Waals surface area contributed by atoms with Gasteiger partial charge in [-0.15, -0.1) is 0 Å². The molecule has 0 bridgehead atoms. The third-order valence-electron chi connectivity index (χ3n) is 4.72. The number of carbonyl (C=O) groups excluding carboxylic acids is 2. The van der Waals surface area contributed by atoms with Crippen LogP contribution in [0.25, 0.3) is 0 Å². The summed E-state index contributed by atoms with van der Waals surface area (Å²) in [5.74, 6) is -1.58. The van der Waals surface area contributed by atoms with Gasteiger partial charge in [0.15, 0.2) is 27.9 Å². The zero-order valence-corrected chi connectivity index (χ0v) is 16.5. The molecule has 1 fully saturated rings. The van der Waals surface area contributed by atoms with Gasteiger partial charge in [0, 0.05) is 12.1 Å². The zero-order valence-electron chi connectivity index (χ0n) is 15.7. The highest BCUT2D eigenvalue weighted by Gasteiger charge is 2.36. The van der Waals surface area contributed by atoms with E-state index in [0.29, 0.717) is 12.8 Å². The van der Waals surface area contributed by atoms with Crippen LogP contribution in [0, 0.1) is 0 Å². The van der Waals surface area contributed by atoms with Gasteiger partial charge in [0.05, 0.1) is 18.6 Å². The second-order valence-electron chi connectivity index (χ2n) is 6.55. The lowest BCUT2D eigenvalue weighted by Crippen LogP contribution is -2.48. The van der Waals surface area contributed by atoms with Crippen molar-refractivity contribution in [1.29, 1.82) is 0 Å². The molecule has 2 atom stereocenters. The lowest BCUT2D eigenvalue weighted by molar-refractivity contribution is -0.138. The number of phenolic OH excluding ortho intramolecular Hbond substituents is 1. The fraction of sp³-hybridized carbons (Fsp3) is 0.556. The zero-order chi connectivity index (χ0) is 20.2. The van der Waals surface area contributed by atoms with E-state index in [0.717, 1.165) is 0 Å². The summed E-state index contributed by atoms with van der Waals surface area (Å²) in [6.07, 6.45) is 1.02. The minimum atomic E-state index is -3.15. The maximum Gasteiger partial charge on any atom is 0.342 e.